The number of phenols is 2. The fraction of sp³-hybridized carbons (Fsp3) is 0.385. The van der Waals surface area contributed by atoms with E-state index in [1.165, 1.54) is 12.1 Å². The van der Waals surface area contributed by atoms with Gasteiger partial charge in [-0.2, -0.15) is 0 Å². The molecule has 0 radical (unpaired) electrons. The predicted molar refractivity (Wildman–Crippen MR) is 63.5 cm³/mol. The van der Waals surface area contributed by atoms with Crippen LogP contribution in [0.3, 0.4) is 0 Å². The molecule has 0 heterocycles. The molecular formula is C13H17NO2. The van der Waals surface area contributed by atoms with Gasteiger partial charge in [0.15, 0.2) is 0 Å². The molecule has 1 aromatic carbocycles. The fourth-order valence-electron chi connectivity index (χ4n) is 2.09. The fourth-order valence-corrected chi connectivity index (χ4v) is 2.09. The highest BCUT2D eigenvalue weighted by atomic mass is 16.3. The molecule has 1 unspecified atom stereocenters. The van der Waals surface area contributed by atoms with Crippen LogP contribution in [-0.2, 0) is 0 Å². The lowest BCUT2D eigenvalue weighted by Gasteiger charge is -2.20. The maximum atomic E-state index is 9.71. The van der Waals surface area contributed by atoms with Gasteiger partial charge in [0.1, 0.15) is 11.5 Å². The second-order valence-corrected chi connectivity index (χ2v) is 4.27. The largest absolute Gasteiger partial charge is 0.508 e. The molecule has 1 aliphatic rings. The molecule has 3 heteroatoms. The van der Waals surface area contributed by atoms with E-state index in [0.29, 0.717) is 6.04 Å². The zero-order chi connectivity index (χ0) is 11.5. The molecule has 1 aromatic rings. The molecule has 3 N–H and O–H groups in total. The van der Waals surface area contributed by atoms with E-state index in [1.807, 2.05) is 6.92 Å². The Labute approximate surface area is 95.4 Å². The Hall–Kier alpha value is -1.48. The summed E-state index contributed by atoms with van der Waals surface area (Å²) < 4.78 is 0. The topological polar surface area (TPSA) is 52.5 Å². The second kappa shape index (κ2) is 4.58. The Morgan fingerprint density at radius 1 is 1.25 bits per heavy atom. The van der Waals surface area contributed by atoms with Crippen molar-refractivity contribution in [2.24, 2.45) is 0 Å². The lowest BCUT2D eigenvalue weighted by molar-refractivity contribution is 0.423. The molecule has 86 valence electrons. The van der Waals surface area contributed by atoms with E-state index in [4.69, 9.17) is 0 Å². The van der Waals surface area contributed by atoms with Crippen LogP contribution in [0.5, 0.6) is 11.5 Å². The summed E-state index contributed by atoms with van der Waals surface area (Å²) >= 11 is 0. The Balaban J connectivity index is 2.07. The molecule has 0 amide bonds. The number of hydrogen-bond acceptors (Lipinski definition) is 3. The van der Waals surface area contributed by atoms with Crippen molar-refractivity contribution in [1.82, 2.24) is 5.32 Å². The summed E-state index contributed by atoms with van der Waals surface area (Å²) in [7, 11) is 0. The van der Waals surface area contributed by atoms with Crippen molar-refractivity contribution in [3.8, 4) is 11.5 Å². The van der Waals surface area contributed by atoms with Crippen LogP contribution in [0, 0.1) is 0 Å². The van der Waals surface area contributed by atoms with Crippen molar-refractivity contribution in [1.29, 1.82) is 0 Å². The average Bonchev–Trinajstić information content (AvgIpc) is 2.74. The zero-order valence-corrected chi connectivity index (χ0v) is 9.35. The van der Waals surface area contributed by atoms with Gasteiger partial charge >= 0.3 is 0 Å². The first-order valence-electron chi connectivity index (χ1n) is 5.59. The molecule has 0 bridgehead atoms. The molecule has 0 aromatic heterocycles. The van der Waals surface area contributed by atoms with Crippen LogP contribution in [0.25, 0.3) is 0 Å². The van der Waals surface area contributed by atoms with Gasteiger partial charge < -0.3 is 15.5 Å². The predicted octanol–water partition coefficient (Wildman–Crippen LogP) is 2.47. The number of rotatable bonds is 3. The van der Waals surface area contributed by atoms with E-state index >= 15 is 0 Å². The van der Waals surface area contributed by atoms with Gasteiger partial charge in [-0.15, -0.1) is 0 Å². The van der Waals surface area contributed by atoms with Crippen LogP contribution in [0.15, 0.2) is 30.4 Å². The van der Waals surface area contributed by atoms with Crippen LogP contribution >= 0.6 is 0 Å². The maximum absolute atomic E-state index is 9.71. The average molecular weight is 219 g/mol. The van der Waals surface area contributed by atoms with Gasteiger partial charge in [-0.05, 0) is 38.0 Å². The smallest absolute Gasteiger partial charge is 0.120 e. The van der Waals surface area contributed by atoms with Gasteiger partial charge in [0.05, 0.1) is 0 Å². The lowest BCUT2D eigenvalue weighted by Crippen LogP contribution is -2.29. The summed E-state index contributed by atoms with van der Waals surface area (Å²) in [6.07, 6.45) is 6.38. The van der Waals surface area contributed by atoms with Crippen molar-refractivity contribution in [3.05, 3.63) is 35.9 Å². The van der Waals surface area contributed by atoms with Crippen molar-refractivity contribution < 1.29 is 10.2 Å². The molecule has 2 rings (SSSR count). The van der Waals surface area contributed by atoms with Crippen molar-refractivity contribution in [2.45, 2.75) is 31.8 Å². The minimum Gasteiger partial charge on any atom is -0.508 e. The van der Waals surface area contributed by atoms with Crippen molar-refractivity contribution in [3.63, 3.8) is 0 Å². The summed E-state index contributed by atoms with van der Waals surface area (Å²) in [5.74, 6) is 0.412. The normalized spacial score (nSPS) is 17.8. The number of nitrogens with one attached hydrogen (secondary N) is 1. The Morgan fingerprint density at radius 3 is 2.62 bits per heavy atom. The van der Waals surface area contributed by atoms with E-state index in [-0.39, 0.29) is 17.5 Å². The van der Waals surface area contributed by atoms with E-state index in [2.05, 4.69) is 17.5 Å². The first kappa shape index (κ1) is 11.0. The van der Waals surface area contributed by atoms with Crippen LogP contribution in [0.4, 0.5) is 0 Å². The summed E-state index contributed by atoms with van der Waals surface area (Å²) in [5, 5.41) is 22.5. The van der Waals surface area contributed by atoms with Gasteiger partial charge in [-0.3, -0.25) is 0 Å². The van der Waals surface area contributed by atoms with Crippen LogP contribution in [0.2, 0.25) is 0 Å². The minimum atomic E-state index is 0.0389. The number of hydrogen-bond donors (Lipinski definition) is 3. The van der Waals surface area contributed by atoms with E-state index in [0.717, 1.165) is 18.4 Å². The first-order valence-corrected chi connectivity index (χ1v) is 5.59. The Morgan fingerprint density at radius 2 is 1.94 bits per heavy atom. The SMILES string of the molecule is CC(NC1CC=CC1)c1cc(O)ccc1O. The molecule has 1 atom stereocenters. The van der Waals surface area contributed by atoms with Crippen LogP contribution < -0.4 is 5.32 Å². The summed E-state index contributed by atoms with van der Waals surface area (Å²) in [6.45, 7) is 1.99. The maximum Gasteiger partial charge on any atom is 0.120 e. The summed E-state index contributed by atoms with van der Waals surface area (Å²) in [6, 6.07) is 5.10. The Kier molecular flexibility index (Phi) is 3.15. The molecule has 0 fully saturated rings. The third-order valence-corrected chi connectivity index (χ3v) is 2.97. The number of benzene rings is 1. The second-order valence-electron chi connectivity index (χ2n) is 4.27. The minimum absolute atomic E-state index is 0.0389. The van der Waals surface area contributed by atoms with Crippen LogP contribution in [0.1, 0.15) is 31.4 Å². The van der Waals surface area contributed by atoms with Crippen LogP contribution in [-0.4, -0.2) is 16.3 Å². The molecule has 0 saturated heterocycles. The highest BCUT2D eigenvalue weighted by molar-refractivity contribution is 5.40. The highest BCUT2D eigenvalue weighted by Crippen LogP contribution is 2.28. The molecule has 0 spiro atoms. The number of phenolic OH excluding ortho intramolecular Hbond substituents is 2. The molecule has 16 heavy (non-hydrogen) atoms. The lowest BCUT2D eigenvalue weighted by atomic mass is 10.1. The molecule has 0 saturated carbocycles. The molecule has 0 aliphatic heterocycles. The van der Waals surface area contributed by atoms with Gasteiger partial charge in [0, 0.05) is 17.6 Å². The molecule has 3 nitrogen and oxygen atoms in total. The third kappa shape index (κ3) is 2.36. The van der Waals surface area contributed by atoms with Crippen molar-refractivity contribution in [2.75, 3.05) is 0 Å². The van der Waals surface area contributed by atoms with E-state index in [9.17, 15) is 10.2 Å². The molecular weight excluding hydrogens is 202 g/mol. The van der Waals surface area contributed by atoms with Gasteiger partial charge in [-0.1, -0.05) is 12.2 Å². The quantitative estimate of drug-likeness (QED) is 0.540. The van der Waals surface area contributed by atoms with Gasteiger partial charge in [0.2, 0.25) is 0 Å². The first-order chi connectivity index (χ1) is 7.66. The monoisotopic (exact) mass is 219 g/mol. The van der Waals surface area contributed by atoms with E-state index < -0.39 is 0 Å². The van der Waals surface area contributed by atoms with Gasteiger partial charge in [-0.25, -0.2) is 0 Å². The Bertz CT molecular complexity index is 393. The zero-order valence-electron chi connectivity index (χ0n) is 9.35. The van der Waals surface area contributed by atoms with E-state index in [1.54, 1.807) is 6.07 Å². The number of aromatic hydroxyl groups is 2. The standard InChI is InChI=1S/C13H17NO2/c1-9(14-10-4-2-3-5-10)12-8-11(15)6-7-13(12)16/h2-3,6-10,14-16H,4-5H2,1H3. The highest BCUT2D eigenvalue weighted by Gasteiger charge is 2.16. The van der Waals surface area contributed by atoms with Crippen molar-refractivity contribution >= 4 is 0 Å². The summed E-state index contributed by atoms with van der Waals surface area (Å²) in [4.78, 5) is 0. The van der Waals surface area contributed by atoms with Gasteiger partial charge in [0.25, 0.3) is 0 Å². The summed E-state index contributed by atoms with van der Waals surface area (Å²) in [5.41, 5.74) is 0.743. The third-order valence-electron chi connectivity index (χ3n) is 2.97. The molecule has 1 aliphatic carbocycles.